The lowest BCUT2D eigenvalue weighted by Crippen LogP contribution is -2.52. The average Bonchev–Trinajstić information content (AvgIpc) is 3.28. The number of amides is 3. The maximum atomic E-state index is 13.6. The van der Waals surface area contributed by atoms with Gasteiger partial charge in [-0.1, -0.05) is 12.8 Å². The van der Waals surface area contributed by atoms with Crippen LogP contribution < -0.4 is 4.74 Å². The van der Waals surface area contributed by atoms with E-state index < -0.39 is 57.7 Å². The summed E-state index contributed by atoms with van der Waals surface area (Å²) < 4.78 is 5.27. The van der Waals surface area contributed by atoms with E-state index in [1.165, 1.54) is 48.5 Å². The molecule has 44 heavy (non-hydrogen) atoms. The molecule has 0 spiro atoms. The highest BCUT2D eigenvalue weighted by molar-refractivity contribution is 6.09. The zero-order valence-electron chi connectivity index (χ0n) is 23.0. The van der Waals surface area contributed by atoms with Gasteiger partial charge in [-0.25, -0.2) is 9.80 Å². The molecule has 224 valence electrons. The van der Waals surface area contributed by atoms with E-state index in [0.29, 0.717) is 12.8 Å². The highest BCUT2D eigenvalue weighted by atomic mass is 16.6. The topological polar surface area (TPSA) is 187 Å². The number of fused-ring (bicyclic) bond motifs is 1. The van der Waals surface area contributed by atoms with Gasteiger partial charge in [0.15, 0.2) is 5.78 Å². The maximum absolute atomic E-state index is 13.6. The van der Waals surface area contributed by atoms with Gasteiger partial charge in [0, 0.05) is 35.4 Å². The highest BCUT2D eigenvalue weighted by Crippen LogP contribution is 2.39. The van der Waals surface area contributed by atoms with Crippen molar-refractivity contribution >= 4 is 40.8 Å². The summed E-state index contributed by atoms with van der Waals surface area (Å²) >= 11 is 0. The summed E-state index contributed by atoms with van der Waals surface area (Å²) in [5, 5.41) is 23.4. The van der Waals surface area contributed by atoms with Gasteiger partial charge in [0.2, 0.25) is 0 Å². The van der Waals surface area contributed by atoms with Crippen molar-refractivity contribution in [2.24, 2.45) is 11.8 Å². The summed E-state index contributed by atoms with van der Waals surface area (Å²) in [7, 11) is 0. The number of ether oxygens (including phenoxy) is 1. The number of benzene rings is 3. The van der Waals surface area contributed by atoms with Gasteiger partial charge in [-0.05, 0) is 61.4 Å². The van der Waals surface area contributed by atoms with E-state index in [-0.39, 0.29) is 33.8 Å². The number of nitro benzene ring substituents is 2. The van der Waals surface area contributed by atoms with Gasteiger partial charge < -0.3 is 4.74 Å². The summed E-state index contributed by atoms with van der Waals surface area (Å²) in [5.74, 6) is -4.55. The fraction of sp³-hybridized carbons (Fsp3) is 0.233. The van der Waals surface area contributed by atoms with Crippen molar-refractivity contribution in [1.82, 2.24) is 10.0 Å². The van der Waals surface area contributed by atoms with Gasteiger partial charge >= 0.3 is 5.97 Å². The molecule has 2 atom stereocenters. The number of hydrogen-bond donors (Lipinski definition) is 0. The summed E-state index contributed by atoms with van der Waals surface area (Å²) in [5.41, 5.74) is -0.373. The summed E-state index contributed by atoms with van der Waals surface area (Å²) in [6, 6.07) is 14.7. The lowest BCUT2D eigenvalue weighted by molar-refractivity contribution is -0.385. The standard InChI is InChI=1S/C30H24N4O10/c35-26(18-9-15-23(16-10-18)44-30(39)20-7-13-22(14-8-20)34(42)43)17-31(27(36)19-5-11-21(12-6-19)33(40)41)32-28(37)24-3-1-2-4-25(24)29(32)38/h5-16,24-25H,1-4,17H2/t24-,25-/m1/s1. The minimum absolute atomic E-state index is 0.0626. The fourth-order valence-electron chi connectivity index (χ4n) is 5.31. The van der Waals surface area contributed by atoms with Crippen LogP contribution in [-0.4, -0.2) is 55.9 Å². The van der Waals surface area contributed by atoms with Crippen molar-refractivity contribution in [3.63, 3.8) is 0 Å². The van der Waals surface area contributed by atoms with Crippen LogP contribution in [0.1, 0.15) is 56.8 Å². The summed E-state index contributed by atoms with van der Waals surface area (Å²) in [6.45, 7) is -0.686. The van der Waals surface area contributed by atoms with Crippen molar-refractivity contribution in [1.29, 1.82) is 0 Å². The van der Waals surface area contributed by atoms with Crippen molar-refractivity contribution in [3.8, 4) is 5.75 Å². The van der Waals surface area contributed by atoms with E-state index in [9.17, 15) is 44.2 Å². The quantitative estimate of drug-likeness (QED) is 0.0862. The Labute approximate surface area is 249 Å². The van der Waals surface area contributed by atoms with Crippen LogP contribution in [0.25, 0.3) is 0 Å². The van der Waals surface area contributed by atoms with E-state index in [1.807, 2.05) is 0 Å². The van der Waals surface area contributed by atoms with Gasteiger partial charge in [0.25, 0.3) is 29.1 Å². The highest BCUT2D eigenvalue weighted by Gasteiger charge is 2.51. The lowest BCUT2D eigenvalue weighted by atomic mass is 9.81. The van der Waals surface area contributed by atoms with Crippen molar-refractivity contribution in [2.45, 2.75) is 25.7 Å². The van der Waals surface area contributed by atoms with Crippen LogP contribution in [0.4, 0.5) is 11.4 Å². The smallest absolute Gasteiger partial charge is 0.343 e. The van der Waals surface area contributed by atoms with E-state index in [0.717, 1.165) is 47.1 Å². The maximum Gasteiger partial charge on any atom is 0.343 e. The Bertz CT molecular complexity index is 1650. The number of carbonyl (C=O) groups is 5. The molecule has 0 aromatic heterocycles. The number of hydrogen-bond acceptors (Lipinski definition) is 10. The van der Waals surface area contributed by atoms with E-state index in [2.05, 4.69) is 0 Å². The molecular formula is C30H24N4O10. The predicted molar refractivity (Wildman–Crippen MR) is 150 cm³/mol. The molecule has 2 fully saturated rings. The second-order valence-corrected chi connectivity index (χ2v) is 10.3. The summed E-state index contributed by atoms with van der Waals surface area (Å²) in [6.07, 6.45) is 2.48. The first-order chi connectivity index (χ1) is 21.0. The third-order valence-corrected chi connectivity index (χ3v) is 7.61. The average molecular weight is 601 g/mol. The van der Waals surface area contributed by atoms with E-state index >= 15 is 0 Å². The number of esters is 1. The molecule has 2 aliphatic rings. The van der Waals surface area contributed by atoms with Gasteiger partial charge in [0.05, 0.1) is 27.2 Å². The van der Waals surface area contributed by atoms with Gasteiger partial charge in [0.1, 0.15) is 12.3 Å². The molecule has 5 rings (SSSR count). The molecule has 0 radical (unpaired) electrons. The number of hydrazine groups is 1. The summed E-state index contributed by atoms with van der Waals surface area (Å²) in [4.78, 5) is 86.7. The molecule has 1 saturated carbocycles. The van der Waals surface area contributed by atoms with E-state index in [4.69, 9.17) is 4.74 Å². The molecule has 1 aliphatic carbocycles. The van der Waals surface area contributed by atoms with Gasteiger partial charge in [-0.3, -0.25) is 39.4 Å². The van der Waals surface area contributed by atoms with Crippen molar-refractivity contribution in [2.75, 3.05) is 6.54 Å². The van der Waals surface area contributed by atoms with Crippen LogP contribution in [0, 0.1) is 32.1 Å². The number of nitrogens with zero attached hydrogens (tertiary/aromatic N) is 4. The minimum atomic E-state index is -0.859. The SMILES string of the molecule is O=C(CN(C(=O)c1ccc([N+](=O)[O-])cc1)N1C(=O)[C@@H]2CCCC[C@H]2C1=O)c1ccc(OC(=O)c2ccc([N+](=O)[O-])cc2)cc1. The fourth-order valence-corrected chi connectivity index (χ4v) is 5.31. The number of ketones is 1. The minimum Gasteiger partial charge on any atom is -0.423 e. The predicted octanol–water partition coefficient (Wildman–Crippen LogP) is 4.14. The van der Waals surface area contributed by atoms with Crippen LogP contribution in [0.2, 0.25) is 0 Å². The Balaban J connectivity index is 1.35. The Morgan fingerprint density at radius 2 is 1.18 bits per heavy atom. The molecule has 3 aromatic rings. The van der Waals surface area contributed by atoms with Crippen LogP contribution in [0.15, 0.2) is 72.8 Å². The first-order valence-corrected chi connectivity index (χ1v) is 13.6. The second-order valence-electron chi connectivity index (χ2n) is 10.3. The monoisotopic (exact) mass is 600 g/mol. The Morgan fingerprint density at radius 1 is 0.727 bits per heavy atom. The van der Waals surface area contributed by atoms with Gasteiger partial charge in [-0.15, -0.1) is 0 Å². The molecule has 0 N–H and O–H groups in total. The molecule has 0 bridgehead atoms. The molecule has 14 heteroatoms. The second kappa shape index (κ2) is 12.2. The van der Waals surface area contributed by atoms with Crippen molar-refractivity contribution in [3.05, 3.63) is 110 Å². The number of carbonyl (C=O) groups excluding carboxylic acids is 5. The Hall–Kier alpha value is -5.79. The number of non-ortho nitro benzene ring substituents is 2. The third-order valence-electron chi connectivity index (χ3n) is 7.61. The lowest BCUT2D eigenvalue weighted by Gasteiger charge is -2.30. The number of rotatable bonds is 9. The third kappa shape index (κ3) is 5.90. The first kappa shape index (κ1) is 29.7. The number of Topliss-reactive ketones (excluding diaryl/α,β-unsaturated/α-hetero) is 1. The number of nitro groups is 2. The molecule has 3 aromatic carbocycles. The van der Waals surface area contributed by atoms with Crippen molar-refractivity contribution < 1.29 is 38.6 Å². The van der Waals surface area contributed by atoms with Crippen LogP contribution in [0.5, 0.6) is 5.75 Å². The molecule has 14 nitrogen and oxygen atoms in total. The van der Waals surface area contributed by atoms with Crippen LogP contribution in [-0.2, 0) is 9.59 Å². The molecule has 0 unspecified atom stereocenters. The molecule has 3 amide bonds. The van der Waals surface area contributed by atoms with Crippen LogP contribution >= 0.6 is 0 Å². The zero-order chi connectivity index (χ0) is 31.5. The zero-order valence-corrected chi connectivity index (χ0v) is 23.0. The molecule has 1 aliphatic heterocycles. The Morgan fingerprint density at radius 3 is 1.66 bits per heavy atom. The Kier molecular flexibility index (Phi) is 8.24. The largest absolute Gasteiger partial charge is 0.423 e. The van der Waals surface area contributed by atoms with E-state index in [1.54, 1.807) is 0 Å². The first-order valence-electron chi connectivity index (χ1n) is 13.6. The molecule has 1 saturated heterocycles. The van der Waals surface area contributed by atoms with Gasteiger partial charge in [-0.2, -0.15) is 5.01 Å². The molecule has 1 heterocycles. The molecular weight excluding hydrogens is 576 g/mol. The normalized spacial score (nSPS) is 17.5. The van der Waals surface area contributed by atoms with Crippen LogP contribution in [0.3, 0.4) is 0 Å². The number of imide groups is 1.